The quantitative estimate of drug-likeness (QED) is 0.830. The minimum Gasteiger partial charge on any atom is -0.389 e. The Kier molecular flexibility index (Phi) is 3.58. The van der Waals surface area contributed by atoms with Crippen LogP contribution in [-0.4, -0.2) is 9.97 Å². The van der Waals surface area contributed by atoms with Crippen molar-refractivity contribution >= 4 is 28.6 Å². The maximum Gasteiger partial charge on any atom is 0.106 e. The van der Waals surface area contributed by atoms with Crippen molar-refractivity contribution < 1.29 is 0 Å². The molecule has 0 amide bonds. The van der Waals surface area contributed by atoms with Gasteiger partial charge in [-0.1, -0.05) is 23.8 Å². The van der Waals surface area contributed by atoms with E-state index in [-0.39, 0.29) is 0 Å². The number of hydrogen-bond donors (Lipinski definition) is 2. The average Bonchev–Trinajstić information content (AvgIpc) is 2.34. The summed E-state index contributed by atoms with van der Waals surface area (Å²) in [5.74, 6) is 0. The van der Waals surface area contributed by atoms with Crippen LogP contribution >= 0.6 is 12.2 Å². The molecule has 1 aromatic carbocycles. The molecule has 0 atom stereocenters. The number of anilines is 2. The lowest BCUT2D eigenvalue weighted by molar-refractivity contribution is 1.20. The van der Waals surface area contributed by atoms with E-state index in [1.807, 2.05) is 44.2 Å². The van der Waals surface area contributed by atoms with E-state index in [4.69, 9.17) is 18.0 Å². The van der Waals surface area contributed by atoms with Gasteiger partial charge < -0.3 is 11.1 Å². The summed E-state index contributed by atoms with van der Waals surface area (Å²) in [5, 5.41) is 3.28. The number of nitrogens with zero attached hydrogens (tertiary/aromatic N) is 1. The molecule has 0 bridgehead atoms. The van der Waals surface area contributed by atoms with Crippen LogP contribution in [0, 0.1) is 13.8 Å². The van der Waals surface area contributed by atoms with E-state index in [0.29, 0.717) is 4.99 Å². The zero-order chi connectivity index (χ0) is 13.1. The first-order chi connectivity index (χ1) is 8.56. The van der Waals surface area contributed by atoms with Crippen LogP contribution in [0.4, 0.5) is 11.4 Å². The van der Waals surface area contributed by atoms with Gasteiger partial charge in [0.25, 0.3) is 0 Å². The predicted molar refractivity (Wildman–Crippen MR) is 79.3 cm³/mol. The van der Waals surface area contributed by atoms with Gasteiger partial charge >= 0.3 is 0 Å². The van der Waals surface area contributed by atoms with Crippen LogP contribution in [0.1, 0.15) is 16.8 Å². The van der Waals surface area contributed by atoms with E-state index < -0.39 is 0 Å². The van der Waals surface area contributed by atoms with Gasteiger partial charge in [0.15, 0.2) is 0 Å². The molecule has 0 radical (unpaired) electrons. The maximum atomic E-state index is 5.74. The van der Waals surface area contributed by atoms with Gasteiger partial charge in [0.05, 0.1) is 11.9 Å². The Morgan fingerprint density at radius 3 is 2.61 bits per heavy atom. The smallest absolute Gasteiger partial charge is 0.106 e. The number of aryl methyl sites for hydroxylation is 2. The molecule has 3 nitrogen and oxygen atoms in total. The van der Waals surface area contributed by atoms with Gasteiger partial charge in [-0.2, -0.15) is 0 Å². The number of rotatable bonds is 3. The molecule has 0 unspecified atom stereocenters. The topological polar surface area (TPSA) is 50.9 Å². The number of pyridine rings is 1. The van der Waals surface area contributed by atoms with Crippen LogP contribution in [0.3, 0.4) is 0 Å². The second-order valence-corrected chi connectivity index (χ2v) is 4.67. The third-order valence-electron chi connectivity index (χ3n) is 2.63. The molecule has 2 rings (SSSR count). The predicted octanol–water partition coefficient (Wildman–Crippen LogP) is 3.08. The Hall–Kier alpha value is -1.94. The minimum atomic E-state index is 0.390. The fraction of sp³-hybridized carbons (Fsp3) is 0.143. The van der Waals surface area contributed by atoms with Crippen molar-refractivity contribution in [2.24, 2.45) is 5.73 Å². The van der Waals surface area contributed by atoms with Crippen LogP contribution in [0.5, 0.6) is 0 Å². The first-order valence-electron chi connectivity index (χ1n) is 5.66. The highest BCUT2D eigenvalue weighted by Crippen LogP contribution is 2.21. The van der Waals surface area contributed by atoms with Gasteiger partial charge in [0.2, 0.25) is 0 Å². The average molecular weight is 257 g/mol. The lowest BCUT2D eigenvalue weighted by Gasteiger charge is -2.12. The second kappa shape index (κ2) is 5.14. The van der Waals surface area contributed by atoms with E-state index in [9.17, 15) is 0 Å². The second-order valence-electron chi connectivity index (χ2n) is 4.23. The Morgan fingerprint density at radius 1 is 1.22 bits per heavy atom. The summed E-state index contributed by atoms with van der Waals surface area (Å²) in [7, 11) is 0. The standard InChI is InChI=1S/C14H15N3S/c1-9-3-6-13(12(7-9)14(15)18)17-11-5-4-10(2)16-8-11/h3-8,17H,1-2H3,(H2,15,18). The van der Waals surface area contributed by atoms with Crippen molar-refractivity contribution in [3.63, 3.8) is 0 Å². The molecule has 0 saturated heterocycles. The fourth-order valence-electron chi connectivity index (χ4n) is 1.67. The number of aromatic nitrogens is 1. The molecule has 18 heavy (non-hydrogen) atoms. The highest BCUT2D eigenvalue weighted by Gasteiger charge is 2.06. The van der Waals surface area contributed by atoms with Crippen molar-refractivity contribution in [2.75, 3.05) is 5.32 Å². The molecule has 0 aliphatic rings. The molecule has 1 heterocycles. The van der Waals surface area contributed by atoms with Gasteiger partial charge in [-0.25, -0.2) is 0 Å². The molecule has 1 aromatic heterocycles. The molecular formula is C14H15N3S. The Bertz CT molecular complexity index is 576. The minimum absolute atomic E-state index is 0.390. The van der Waals surface area contributed by atoms with Crippen molar-refractivity contribution in [3.8, 4) is 0 Å². The summed E-state index contributed by atoms with van der Waals surface area (Å²) in [6, 6.07) is 9.91. The number of nitrogens with one attached hydrogen (secondary N) is 1. The summed E-state index contributed by atoms with van der Waals surface area (Å²) in [4.78, 5) is 4.63. The lowest BCUT2D eigenvalue weighted by Crippen LogP contribution is -2.12. The molecule has 0 saturated carbocycles. The SMILES string of the molecule is Cc1ccc(Nc2ccc(C)nc2)c(C(N)=S)c1. The van der Waals surface area contributed by atoms with E-state index in [2.05, 4.69) is 10.3 Å². The van der Waals surface area contributed by atoms with Crippen molar-refractivity contribution in [1.82, 2.24) is 4.98 Å². The van der Waals surface area contributed by atoms with Crippen molar-refractivity contribution in [1.29, 1.82) is 0 Å². The van der Waals surface area contributed by atoms with E-state index in [0.717, 1.165) is 28.2 Å². The van der Waals surface area contributed by atoms with Gasteiger partial charge in [-0.15, -0.1) is 0 Å². The maximum absolute atomic E-state index is 5.74. The fourth-order valence-corrected chi connectivity index (χ4v) is 1.84. The first-order valence-corrected chi connectivity index (χ1v) is 6.07. The highest BCUT2D eigenvalue weighted by molar-refractivity contribution is 7.80. The van der Waals surface area contributed by atoms with E-state index in [1.165, 1.54) is 0 Å². The number of benzene rings is 1. The highest BCUT2D eigenvalue weighted by atomic mass is 32.1. The van der Waals surface area contributed by atoms with Gasteiger partial charge in [0, 0.05) is 16.9 Å². The van der Waals surface area contributed by atoms with Crippen LogP contribution in [0.2, 0.25) is 0 Å². The molecule has 2 aromatic rings. The monoisotopic (exact) mass is 257 g/mol. The van der Waals surface area contributed by atoms with Crippen LogP contribution in [0.15, 0.2) is 36.5 Å². The summed E-state index contributed by atoms with van der Waals surface area (Å²) in [6.45, 7) is 3.97. The Morgan fingerprint density at radius 2 is 2.00 bits per heavy atom. The molecule has 0 fully saturated rings. The summed E-state index contributed by atoms with van der Waals surface area (Å²) in [6.07, 6.45) is 1.79. The Labute approximate surface area is 112 Å². The number of nitrogens with two attached hydrogens (primary N) is 1. The summed E-state index contributed by atoms with van der Waals surface area (Å²) < 4.78 is 0. The first kappa shape index (κ1) is 12.5. The van der Waals surface area contributed by atoms with E-state index >= 15 is 0 Å². The zero-order valence-electron chi connectivity index (χ0n) is 10.4. The van der Waals surface area contributed by atoms with Crippen LogP contribution in [-0.2, 0) is 0 Å². The van der Waals surface area contributed by atoms with Gasteiger partial charge in [-0.05, 0) is 38.1 Å². The number of hydrogen-bond acceptors (Lipinski definition) is 3. The molecule has 0 aliphatic carbocycles. The Balaban J connectivity index is 2.34. The molecule has 4 heteroatoms. The molecule has 0 aliphatic heterocycles. The van der Waals surface area contributed by atoms with E-state index in [1.54, 1.807) is 6.20 Å². The van der Waals surface area contributed by atoms with Crippen LogP contribution in [0.25, 0.3) is 0 Å². The molecule has 3 N–H and O–H groups in total. The van der Waals surface area contributed by atoms with Crippen molar-refractivity contribution in [3.05, 3.63) is 53.3 Å². The van der Waals surface area contributed by atoms with Crippen LogP contribution < -0.4 is 11.1 Å². The van der Waals surface area contributed by atoms with Crippen molar-refractivity contribution in [2.45, 2.75) is 13.8 Å². The third kappa shape index (κ3) is 2.84. The zero-order valence-corrected chi connectivity index (χ0v) is 11.2. The lowest BCUT2D eigenvalue weighted by atomic mass is 10.1. The number of thiocarbonyl (C=S) groups is 1. The molecule has 0 spiro atoms. The summed E-state index contributed by atoms with van der Waals surface area (Å²) >= 11 is 5.07. The largest absolute Gasteiger partial charge is 0.389 e. The third-order valence-corrected chi connectivity index (χ3v) is 2.85. The normalized spacial score (nSPS) is 10.1. The van der Waals surface area contributed by atoms with Gasteiger partial charge in [0.1, 0.15) is 4.99 Å². The van der Waals surface area contributed by atoms with Gasteiger partial charge in [-0.3, -0.25) is 4.98 Å². The molecular weight excluding hydrogens is 242 g/mol. The molecule has 92 valence electrons. The summed E-state index contributed by atoms with van der Waals surface area (Å²) in [5.41, 5.74) is 10.5.